The highest BCUT2D eigenvalue weighted by atomic mass is 32.1. The largest absolute Gasteiger partial charge is 0.285 e. The van der Waals surface area contributed by atoms with Crippen LogP contribution in [0.3, 0.4) is 0 Å². The topological polar surface area (TPSA) is 17.8 Å². The van der Waals surface area contributed by atoms with Gasteiger partial charge in [0.1, 0.15) is 0 Å². The molecule has 2 aromatic heterocycles. The van der Waals surface area contributed by atoms with E-state index in [4.69, 9.17) is 4.98 Å². The normalized spacial score (nSPS) is 14.2. The van der Waals surface area contributed by atoms with Gasteiger partial charge in [0.25, 0.3) is 0 Å². The Hall–Kier alpha value is -3.95. The molecule has 1 aliphatic rings. The van der Waals surface area contributed by atoms with Crippen LogP contribution in [0.4, 0.5) is 0 Å². The van der Waals surface area contributed by atoms with E-state index in [1.807, 2.05) is 0 Å². The smallest absolute Gasteiger partial charge is 0.195 e. The molecule has 35 heavy (non-hydrogen) atoms. The summed E-state index contributed by atoms with van der Waals surface area (Å²) in [6.45, 7) is 4.73. The van der Waals surface area contributed by atoms with Gasteiger partial charge in [-0.3, -0.25) is 4.57 Å². The van der Waals surface area contributed by atoms with E-state index in [1.165, 1.54) is 59.5 Å². The molecule has 1 aliphatic carbocycles. The lowest BCUT2D eigenvalue weighted by molar-refractivity contribution is 0.666. The van der Waals surface area contributed by atoms with Gasteiger partial charge in [-0.25, -0.2) is 4.98 Å². The molecule has 5 aromatic carbocycles. The van der Waals surface area contributed by atoms with E-state index in [0.717, 1.165) is 10.6 Å². The first-order chi connectivity index (χ1) is 17.1. The van der Waals surface area contributed by atoms with Crippen LogP contribution in [0.15, 0.2) is 97.1 Å². The van der Waals surface area contributed by atoms with Crippen LogP contribution >= 0.6 is 11.3 Å². The lowest BCUT2D eigenvalue weighted by Crippen LogP contribution is -2.15. The summed E-state index contributed by atoms with van der Waals surface area (Å²) in [6, 6.07) is 35.4. The van der Waals surface area contributed by atoms with Crippen LogP contribution < -0.4 is 0 Å². The molecular weight excluding hydrogens is 444 g/mol. The zero-order valence-electron chi connectivity index (χ0n) is 19.5. The Morgan fingerprint density at radius 2 is 1.43 bits per heavy atom. The predicted octanol–water partition coefficient (Wildman–Crippen LogP) is 8.85. The quantitative estimate of drug-likeness (QED) is 0.236. The summed E-state index contributed by atoms with van der Waals surface area (Å²) in [4.78, 5) is 5.03. The number of nitrogens with zero attached hydrogens (tertiary/aromatic N) is 2. The van der Waals surface area contributed by atoms with Crippen LogP contribution in [-0.2, 0) is 5.41 Å². The molecule has 0 radical (unpaired) electrons. The number of para-hydroxylation sites is 2. The first-order valence-corrected chi connectivity index (χ1v) is 12.9. The number of hydrogen-bond donors (Lipinski definition) is 0. The van der Waals surface area contributed by atoms with Crippen molar-refractivity contribution in [2.24, 2.45) is 0 Å². The van der Waals surface area contributed by atoms with E-state index in [9.17, 15) is 0 Å². The average Bonchev–Trinajstić information content (AvgIpc) is 3.53. The molecule has 0 atom stereocenters. The van der Waals surface area contributed by atoms with E-state index >= 15 is 0 Å². The van der Waals surface area contributed by atoms with Gasteiger partial charge in [0.05, 0.1) is 21.3 Å². The van der Waals surface area contributed by atoms with Crippen molar-refractivity contribution in [2.75, 3.05) is 0 Å². The Kier molecular flexibility index (Phi) is 3.64. The second kappa shape index (κ2) is 6.59. The van der Waals surface area contributed by atoms with Crippen molar-refractivity contribution in [1.82, 2.24) is 9.55 Å². The molecule has 2 heterocycles. The molecule has 8 rings (SSSR count). The van der Waals surface area contributed by atoms with Gasteiger partial charge in [-0.2, -0.15) is 0 Å². The van der Waals surface area contributed by atoms with Crippen molar-refractivity contribution in [3.63, 3.8) is 0 Å². The first-order valence-electron chi connectivity index (χ1n) is 12.1. The Balaban J connectivity index is 1.51. The minimum Gasteiger partial charge on any atom is -0.285 e. The highest BCUT2D eigenvalue weighted by molar-refractivity contribution is 7.20. The molecule has 0 unspecified atom stereocenters. The number of benzene rings is 5. The molecular formula is C32H22N2S. The highest BCUT2D eigenvalue weighted by Gasteiger charge is 2.36. The Labute approximate surface area is 207 Å². The van der Waals surface area contributed by atoms with Gasteiger partial charge in [-0.1, -0.05) is 98.0 Å². The monoisotopic (exact) mass is 466 g/mol. The number of rotatable bonds is 1. The van der Waals surface area contributed by atoms with Gasteiger partial charge >= 0.3 is 0 Å². The minimum absolute atomic E-state index is 0.0372. The molecule has 0 saturated carbocycles. The van der Waals surface area contributed by atoms with Gasteiger partial charge in [0.15, 0.2) is 5.13 Å². The summed E-state index contributed by atoms with van der Waals surface area (Å²) < 4.78 is 3.56. The average molecular weight is 467 g/mol. The lowest BCUT2D eigenvalue weighted by atomic mass is 9.80. The second-order valence-corrected chi connectivity index (χ2v) is 11.0. The molecule has 0 amide bonds. The summed E-state index contributed by atoms with van der Waals surface area (Å²) >= 11 is 1.75. The standard InChI is InChI=1S/C32H22N2S/c1-32(2)24-11-5-3-9-19(24)21-16-15-20-22(30(21)32)17-18-27-29(20)23-10-4-7-13-26(23)34(27)31-33-25-12-6-8-14-28(25)35-31/h3-18H,1-2H3. The lowest BCUT2D eigenvalue weighted by Gasteiger charge is -2.23. The number of aromatic nitrogens is 2. The third-order valence-electron chi connectivity index (χ3n) is 7.82. The van der Waals surface area contributed by atoms with Crippen LogP contribution in [0.5, 0.6) is 0 Å². The Bertz CT molecular complexity index is 1950. The molecule has 3 heteroatoms. The molecule has 7 aromatic rings. The summed E-state index contributed by atoms with van der Waals surface area (Å²) in [7, 11) is 0. The number of hydrogen-bond acceptors (Lipinski definition) is 2. The Morgan fingerprint density at radius 3 is 2.34 bits per heavy atom. The molecule has 0 aliphatic heterocycles. The molecule has 0 saturated heterocycles. The van der Waals surface area contributed by atoms with Crippen LogP contribution in [0.2, 0.25) is 0 Å². The third-order valence-corrected chi connectivity index (χ3v) is 8.85. The number of thiazole rings is 1. The van der Waals surface area contributed by atoms with E-state index in [1.54, 1.807) is 11.3 Å². The van der Waals surface area contributed by atoms with Crippen LogP contribution in [-0.4, -0.2) is 9.55 Å². The van der Waals surface area contributed by atoms with Crippen molar-refractivity contribution in [3.05, 3.63) is 108 Å². The highest BCUT2D eigenvalue weighted by Crippen LogP contribution is 2.52. The fraction of sp³-hybridized carbons (Fsp3) is 0.0938. The summed E-state index contributed by atoms with van der Waals surface area (Å²) in [5.41, 5.74) is 9.03. The SMILES string of the molecule is CC1(C)c2ccccc2-c2ccc3c(ccc4c3c3ccccc3n4-c3nc4ccccc4s3)c21. The summed E-state index contributed by atoms with van der Waals surface area (Å²) in [5, 5.41) is 6.28. The van der Waals surface area contributed by atoms with Crippen molar-refractivity contribution < 1.29 is 0 Å². The van der Waals surface area contributed by atoms with Crippen LogP contribution in [0.1, 0.15) is 25.0 Å². The zero-order chi connectivity index (χ0) is 23.3. The molecule has 0 spiro atoms. The van der Waals surface area contributed by atoms with E-state index in [2.05, 4.69) is 115 Å². The van der Waals surface area contributed by atoms with Crippen molar-refractivity contribution in [2.45, 2.75) is 19.3 Å². The molecule has 0 fully saturated rings. The van der Waals surface area contributed by atoms with Crippen molar-refractivity contribution in [1.29, 1.82) is 0 Å². The van der Waals surface area contributed by atoms with Crippen LogP contribution in [0.25, 0.3) is 59.1 Å². The molecule has 2 nitrogen and oxygen atoms in total. The fourth-order valence-corrected chi connectivity index (χ4v) is 7.32. The van der Waals surface area contributed by atoms with Gasteiger partial charge in [0.2, 0.25) is 0 Å². The maximum Gasteiger partial charge on any atom is 0.195 e. The van der Waals surface area contributed by atoms with Gasteiger partial charge < -0.3 is 0 Å². The molecule has 0 N–H and O–H groups in total. The van der Waals surface area contributed by atoms with E-state index in [0.29, 0.717) is 0 Å². The maximum absolute atomic E-state index is 5.03. The predicted molar refractivity (Wildman–Crippen MR) is 149 cm³/mol. The fourth-order valence-electron chi connectivity index (χ4n) is 6.33. The number of fused-ring (bicyclic) bond motifs is 10. The second-order valence-electron chi connectivity index (χ2n) is 10.0. The summed E-state index contributed by atoms with van der Waals surface area (Å²) in [6.07, 6.45) is 0. The van der Waals surface area contributed by atoms with Crippen molar-refractivity contribution >= 4 is 54.1 Å². The zero-order valence-corrected chi connectivity index (χ0v) is 20.4. The first kappa shape index (κ1) is 19.4. The van der Waals surface area contributed by atoms with Crippen LogP contribution in [0, 0.1) is 0 Å². The maximum atomic E-state index is 5.03. The van der Waals surface area contributed by atoms with Gasteiger partial charge in [0, 0.05) is 16.2 Å². The van der Waals surface area contributed by atoms with E-state index in [-0.39, 0.29) is 5.41 Å². The third kappa shape index (κ3) is 2.41. The Morgan fingerprint density at radius 1 is 0.657 bits per heavy atom. The summed E-state index contributed by atoms with van der Waals surface area (Å²) in [5.74, 6) is 0. The van der Waals surface area contributed by atoms with E-state index < -0.39 is 0 Å². The van der Waals surface area contributed by atoms with Gasteiger partial charge in [-0.15, -0.1) is 0 Å². The molecule has 166 valence electrons. The molecule has 0 bridgehead atoms. The van der Waals surface area contributed by atoms with Crippen molar-refractivity contribution in [3.8, 4) is 16.3 Å². The van der Waals surface area contributed by atoms with Gasteiger partial charge in [-0.05, 0) is 57.3 Å². The minimum atomic E-state index is -0.0372.